The molecule has 0 unspecified atom stereocenters. The first-order chi connectivity index (χ1) is 14.2. The first-order valence-electron chi connectivity index (χ1n) is 9.97. The van der Waals surface area contributed by atoms with E-state index < -0.39 is 0 Å². The highest BCUT2D eigenvalue weighted by atomic mass is 16.6. The normalized spacial score (nSPS) is 16.0. The molecule has 0 amide bonds. The molecule has 148 valence electrons. The van der Waals surface area contributed by atoms with Crippen LogP contribution in [0.1, 0.15) is 24.0 Å². The van der Waals surface area contributed by atoms with Crippen LogP contribution in [0.15, 0.2) is 88.9 Å². The Morgan fingerprint density at radius 3 is 2.24 bits per heavy atom. The summed E-state index contributed by atoms with van der Waals surface area (Å²) in [6.07, 6.45) is 3.88. The van der Waals surface area contributed by atoms with Gasteiger partial charge in [-0.1, -0.05) is 53.7 Å². The Morgan fingerprint density at radius 1 is 0.897 bits per heavy atom. The molecule has 1 fully saturated rings. The fourth-order valence-electron chi connectivity index (χ4n) is 3.50. The zero-order chi connectivity index (χ0) is 20.1. The average Bonchev–Trinajstić information content (AvgIpc) is 2.77. The second-order valence-electron chi connectivity index (χ2n) is 7.38. The molecule has 0 atom stereocenters. The Kier molecular flexibility index (Phi) is 5.86. The third-order valence-electron chi connectivity index (χ3n) is 5.22. The maximum atomic E-state index is 12.5. The number of hydrogen-bond donors (Lipinski definition) is 0. The number of para-hydroxylation sites is 1. The maximum Gasteiger partial charge on any atom is 0.255 e. The van der Waals surface area contributed by atoms with Crippen LogP contribution in [0.4, 0.5) is 0 Å². The molecule has 29 heavy (non-hydrogen) atoms. The second-order valence-corrected chi connectivity index (χ2v) is 7.38. The Bertz CT molecular complexity index is 1020. The van der Waals surface area contributed by atoms with Crippen LogP contribution in [0.5, 0.6) is 0 Å². The van der Waals surface area contributed by atoms with Crippen LogP contribution < -0.4 is 5.56 Å². The van der Waals surface area contributed by atoms with Gasteiger partial charge in [0.2, 0.25) is 0 Å². The summed E-state index contributed by atoms with van der Waals surface area (Å²) >= 11 is 0. The van der Waals surface area contributed by atoms with E-state index >= 15 is 0 Å². The first-order valence-corrected chi connectivity index (χ1v) is 9.97. The number of pyridine rings is 1. The molecule has 2 heterocycles. The van der Waals surface area contributed by atoms with Crippen LogP contribution in [-0.2, 0) is 4.84 Å². The Balaban J connectivity index is 1.70. The molecule has 1 aliphatic heterocycles. The van der Waals surface area contributed by atoms with Crippen molar-refractivity contribution in [2.45, 2.75) is 18.9 Å². The van der Waals surface area contributed by atoms with Crippen molar-refractivity contribution in [2.24, 2.45) is 5.16 Å². The van der Waals surface area contributed by atoms with Crippen LogP contribution in [-0.4, -0.2) is 41.4 Å². The molecule has 0 bridgehead atoms. The van der Waals surface area contributed by atoms with Crippen molar-refractivity contribution in [3.8, 4) is 5.69 Å². The summed E-state index contributed by atoms with van der Waals surface area (Å²) in [6, 6.07) is 23.0. The van der Waals surface area contributed by atoms with Gasteiger partial charge < -0.3 is 9.74 Å². The van der Waals surface area contributed by atoms with E-state index in [0.717, 1.165) is 48.5 Å². The van der Waals surface area contributed by atoms with Gasteiger partial charge >= 0.3 is 0 Å². The van der Waals surface area contributed by atoms with Crippen LogP contribution in [0.2, 0.25) is 0 Å². The van der Waals surface area contributed by atoms with Gasteiger partial charge in [0.1, 0.15) is 11.8 Å². The average molecular weight is 387 g/mol. The van der Waals surface area contributed by atoms with Crippen molar-refractivity contribution in [1.29, 1.82) is 0 Å². The Morgan fingerprint density at radius 2 is 1.55 bits per heavy atom. The van der Waals surface area contributed by atoms with Crippen molar-refractivity contribution >= 4 is 5.71 Å². The number of likely N-dealkylation sites (tertiary alicyclic amines) is 1. The number of benzene rings is 2. The Hall–Kier alpha value is -3.18. The smallest absolute Gasteiger partial charge is 0.255 e. The molecule has 0 radical (unpaired) electrons. The number of oxime groups is 1. The van der Waals surface area contributed by atoms with Crippen molar-refractivity contribution in [2.75, 3.05) is 20.1 Å². The van der Waals surface area contributed by atoms with E-state index in [0.29, 0.717) is 0 Å². The maximum absolute atomic E-state index is 12.5. The number of hydrogen-bond acceptors (Lipinski definition) is 4. The fourth-order valence-corrected chi connectivity index (χ4v) is 3.50. The lowest BCUT2D eigenvalue weighted by molar-refractivity contribution is 0.0163. The van der Waals surface area contributed by atoms with Gasteiger partial charge in [0.05, 0.1) is 0 Å². The molecule has 5 nitrogen and oxygen atoms in total. The van der Waals surface area contributed by atoms with E-state index in [1.165, 1.54) is 0 Å². The van der Waals surface area contributed by atoms with Gasteiger partial charge in [-0.15, -0.1) is 0 Å². The number of nitrogens with zero attached hydrogens (tertiary/aromatic N) is 3. The lowest BCUT2D eigenvalue weighted by Crippen LogP contribution is -2.33. The topological polar surface area (TPSA) is 46.8 Å². The first kappa shape index (κ1) is 19.2. The van der Waals surface area contributed by atoms with Crippen LogP contribution in [0.3, 0.4) is 0 Å². The third kappa shape index (κ3) is 4.63. The predicted molar refractivity (Wildman–Crippen MR) is 116 cm³/mol. The van der Waals surface area contributed by atoms with E-state index in [4.69, 9.17) is 4.84 Å². The van der Waals surface area contributed by atoms with E-state index in [1.54, 1.807) is 10.6 Å². The van der Waals surface area contributed by atoms with E-state index in [1.807, 2.05) is 72.9 Å². The van der Waals surface area contributed by atoms with Crippen LogP contribution in [0, 0.1) is 0 Å². The summed E-state index contributed by atoms with van der Waals surface area (Å²) < 4.78 is 1.64. The third-order valence-corrected chi connectivity index (χ3v) is 5.22. The molecule has 0 spiro atoms. The summed E-state index contributed by atoms with van der Waals surface area (Å²) in [5.41, 5.74) is 3.27. The molecule has 4 rings (SSSR count). The SMILES string of the molecule is CN1CCC(O/N=C(\c2ccccc2)c2ccc(=O)n(-c3ccccc3)c2)CC1. The van der Waals surface area contributed by atoms with E-state index in [9.17, 15) is 4.79 Å². The summed E-state index contributed by atoms with van der Waals surface area (Å²) in [4.78, 5) is 20.7. The van der Waals surface area contributed by atoms with E-state index in [2.05, 4.69) is 17.1 Å². The molecule has 0 saturated carbocycles. The minimum Gasteiger partial charge on any atom is -0.392 e. The second kappa shape index (κ2) is 8.88. The van der Waals surface area contributed by atoms with Gasteiger partial charge in [-0.05, 0) is 38.1 Å². The minimum absolute atomic E-state index is 0.0800. The zero-order valence-electron chi connectivity index (χ0n) is 16.6. The quantitative estimate of drug-likeness (QED) is 0.495. The summed E-state index contributed by atoms with van der Waals surface area (Å²) in [5.74, 6) is 0. The van der Waals surface area contributed by atoms with E-state index in [-0.39, 0.29) is 11.7 Å². The van der Waals surface area contributed by atoms with Gasteiger partial charge in [-0.2, -0.15) is 0 Å². The highest BCUT2D eigenvalue weighted by molar-refractivity contribution is 6.12. The monoisotopic (exact) mass is 387 g/mol. The van der Waals surface area contributed by atoms with Crippen molar-refractivity contribution < 1.29 is 4.84 Å². The van der Waals surface area contributed by atoms with Gasteiger partial charge in [-0.25, -0.2) is 0 Å². The molecular weight excluding hydrogens is 362 g/mol. The van der Waals surface area contributed by atoms with Gasteiger partial charge in [0.15, 0.2) is 0 Å². The van der Waals surface area contributed by atoms with Crippen molar-refractivity contribution in [3.05, 3.63) is 100 Å². The van der Waals surface area contributed by atoms with Crippen LogP contribution >= 0.6 is 0 Å². The molecule has 5 heteroatoms. The highest BCUT2D eigenvalue weighted by Crippen LogP contribution is 2.16. The molecule has 2 aromatic carbocycles. The predicted octanol–water partition coefficient (Wildman–Crippen LogP) is 3.70. The molecule has 1 saturated heterocycles. The molecule has 0 aliphatic carbocycles. The molecular formula is C24H25N3O2. The summed E-state index contributed by atoms with van der Waals surface area (Å²) in [6.45, 7) is 2.03. The Labute approximate surface area is 170 Å². The molecule has 1 aromatic heterocycles. The molecule has 3 aromatic rings. The lowest BCUT2D eigenvalue weighted by Gasteiger charge is -2.27. The fraction of sp³-hybridized carbons (Fsp3) is 0.250. The minimum atomic E-state index is -0.0800. The zero-order valence-corrected chi connectivity index (χ0v) is 16.6. The number of rotatable bonds is 5. The lowest BCUT2D eigenvalue weighted by atomic mass is 10.0. The highest BCUT2D eigenvalue weighted by Gasteiger charge is 2.19. The largest absolute Gasteiger partial charge is 0.392 e. The van der Waals surface area contributed by atoms with Crippen molar-refractivity contribution in [1.82, 2.24) is 9.47 Å². The molecule has 0 N–H and O–H groups in total. The standard InChI is InChI=1S/C24H25N3O2/c1-26-16-14-22(15-17-26)29-25-24(19-8-4-2-5-9-19)20-12-13-23(28)27(18-20)21-10-6-3-7-11-21/h2-13,18,22H,14-17H2,1H3/b25-24+. The van der Waals surface area contributed by atoms with Crippen LogP contribution in [0.25, 0.3) is 5.69 Å². The number of piperidine rings is 1. The van der Waals surface area contributed by atoms with Gasteiger partial charge in [0.25, 0.3) is 5.56 Å². The summed E-state index contributed by atoms with van der Waals surface area (Å²) in [7, 11) is 2.13. The summed E-state index contributed by atoms with van der Waals surface area (Å²) in [5, 5.41) is 4.56. The van der Waals surface area contributed by atoms with Gasteiger partial charge in [-0.3, -0.25) is 9.36 Å². The molecule has 1 aliphatic rings. The van der Waals surface area contributed by atoms with Crippen molar-refractivity contribution in [3.63, 3.8) is 0 Å². The van der Waals surface area contributed by atoms with Gasteiger partial charge in [0, 0.05) is 42.2 Å². The number of aromatic nitrogens is 1.